The van der Waals surface area contributed by atoms with Crippen LogP contribution in [0.4, 0.5) is 10.1 Å². The molecule has 1 aliphatic rings. The minimum absolute atomic E-state index is 0.0748. The summed E-state index contributed by atoms with van der Waals surface area (Å²) < 4.78 is 14.2. The van der Waals surface area contributed by atoms with Gasteiger partial charge in [0.15, 0.2) is 0 Å². The van der Waals surface area contributed by atoms with Gasteiger partial charge in [-0.1, -0.05) is 35.2 Å². The summed E-state index contributed by atoms with van der Waals surface area (Å²) >= 11 is 3.20. The van der Waals surface area contributed by atoms with Gasteiger partial charge in [0.1, 0.15) is 5.82 Å². The van der Waals surface area contributed by atoms with Crippen molar-refractivity contribution in [2.45, 2.75) is 38.1 Å². The molecule has 0 heterocycles. The molecule has 0 aromatic heterocycles. The van der Waals surface area contributed by atoms with Crippen molar-refractivity contribution in [3.05, 3.63) is 28.5 Å². The fraction of sp³-hybridized carbons (Fsp3) is 0.500. The third kappa shape index (κ3) is 4.49. The molecule has 1 amide bonds. The van der Waals surface area contributed by atoms with Crippen LogP contribution in [0, 0.1) is 5.82 Å². The van der Waals surface area contributed by atoms with Gasteiger partial charge >= 0.3 is 0 Å². The smallest absolute Gasteiger partial charge is 0.239 e. The number of halogens is 2. The maximum atomic E-state index is 13.5. The Hall–Kier alpha value is -1.10. The average molecular weight is 329 g/mol. The first-order chi connectivity index (χ1) is 9.15. The van der Waals surface area contributed by atoms with Crippen molar-refractivity contribution in [3.8, 4) is 0 Å². The molecule has 19 heavy (non-hydrogen) atoms. The number of hydrogen-bond acceptors (Lipinski definition) is 2. The van der Waals surface area contributed by atoms with E-state index in [9.17, 15) is 9.18 Å². The van der Waals surface area contributed by atoms with Crippen LogP contribution in [0.1, 0.15) is 32.1 Å². The van der Waals surface area contributed by atoms with Crippen LogP contribution >= 0.6 is 15.9 Å². The lowest BCUT2D eigenvalue weighted by Gasteiger charge is -2.22. The first-order valence-corrected chi connectivity index (χ1v) is 7.43. The summed E-state index contributed by atoms with van der Waals surface area (Å²) in [5, 5.41) is 5.81. The van der Waals surface area contributed by atoms with Crippen molar-refractivity contribution < 1.29 is 9.18 Å². The van der Waals surface area contributed by atoms with Gasteiger partial charge in [-0.2, -0.15) is 0 Å². The Labute approximate surface area is 121 Å². The summed E-state index contributed by atoms with van der Waals surface area (Å²) in [4.78, 5) is 11.8. The zero-order valence-corrected chi connectivity index (χ0v) is 12.3. The Morgan fingerprint density at radius 3 is 2.74 bits per heavy atom. The van der Waals surface area contributed by atoms with Crippen LogP contribution < -0.4 is 10.6 Å². The van der Waals surface area contributed by atoms with E-state index < -0.39 is 0 Å². The maximum Gasteiger partial charge on any atom is 0.239 e. The number of hydrogen-bond donors (Lipinski definition) is 2. The SMILES string of the molecule is O=C(CNc1ccc(Br)cc1F)NC1CCCCC1. The highest BCUT2D eigenvalue weighted by molar-refractivity contribution is 9.10. The van der Waals surface area contributed by atoms with Gasteiger partial charge in [0.2, 0.25) is 5.91 Å². The summed E-state index contributed by atoms with van der Waals surface area (Å²) in [6, 6.07) is 5.02. The first-order valence-electron chi connectivity index (χ1n) is 6.63. The van der Waals surface area contributed by atoms with Crippen molar-refractivity contribution >= 4 is 27.5 Å². The highest BCUT2D eigenvalue weighted by Crippen LogP contribution is 2.19. The molecular formula is C14H18BrFN2O. The van der Waals surface area contributed by atoms with E-state index in [0.29, 0.717) is 10.2 Å². The lowest BCUT2D eigenvalue weighted by Crippen LogP contribution is -2.39. The van der Waals surface area contributed by atoms with Crippen molar-refractivity contribution in [2.75, 3.05) is 11.9 Å². The first kappa shape index (κ1) is 14.3. The van der Waals surface area contributed by atoms with Gasteiger partial charge in [-0.15, -0.1) is 0 Å². The molecule has 0 atom stereocenters. The van der Waals surface area contributed by atoms with E-state index in [1.807, 2.05) is 0 Å². The van der Waals surface area contributed by atoms with Crippen LogP contribution in [-0.2, 0) is 4.79 Å². The monoisotopic (exact) mass is 328 g/mol. The normalized spacial score (nSPS) is 16.1. The fourth-order valence-electron chi connectivity index (χ4n) is 2.33. The number of amides is 1. The topological polar surface area (TPSA) is 41.1 Å². The minimum atomic E-state index is -0.361. The molecule has 0 aliphatic heterocycles. The van der Waals surface area contributed by atoms with Gasteiger partial charge in [0, 0.05) is 10.5 Å². The van der Waals surface area contributed by atoms with Crippen molar-refractivity contribution in [1.29, 1.82) is 0 Å². The predicted molar refractivity (Wildman–Crippen MR) is 77.6 cm³/mol. The summed E-state index contributed by atoms with van der Waals surface area (Å²) in [7, 11) is 0. The van der Waals surface area contributed by atoms with Crippen LogP contribution in [0.25, 0.3) is 0 Å². The van der Waals surface area contributed by atoms with Crippen LogP contribution in [-0.4, -0.2) is 18.5 Å². The van der Waals surface area contributed by atoms with Crippen LogP contribution in [0.5, 0.6) is 0 Å². The lowest BCUT2D eigenvalue weighted by molar-refractivity contribution is -0.120. The second-order valence-corrected chi connectivity index (χ2v) is 5.80. The zero-order chi connectivity index (χ0) is 13.7. The Kier molecular flexibility index (Phi) is 5.19. The van der Waals surface area contributed by atoms with E-state index in [0.717, 1.165) is 12.8 Å². The van der Waals surface area contributed by atoms with Crippen molar-refractivity contribution in [1.82, 2.24) is 5.32 Å². The number of benzene rings is 1. The van der Waals surface area contributed by atoms with E-state index in [1.165, 1.54) is 25.3 Å². The summed E-state index contributed by atoms with van der Waals surface area (Å²) in [6.45, 7) is 0.106. The zero-order valence-electron chi connectivity index (χ0n) is 10.7. The van der Waals surface area contributed by atoms with E-state index in [2.05, 4.69) is 26.6 Å². The fourth-order valence-corrected chi connectivity index (χ4v) is 2.67. The van der Waals surface area contributed by atoms with Gasteiger partial charge < -0.3 is 10.6 Å². The quantitative estimate of drug-likeness (QED) is 0.888. The molecule has 1 aromatic carbocycles. The molecule has 5 heteroatoms. The molecule has 0 unspecified atom stereocenters. The summed E-state index contributed by atoms with van der Waals surface area (Å²) in [5.41, 5.74) is 0.349. The Balaban J connectivity index is 1.79. The Bertz CT molecular complexity index is 447. The van der Waals surface area contributed by atoms with Gasteiger partial charge in [-0.25, -0.2) is 4.39 Å². The van der Waals surface area contributed by atoms with Crippen LogP contribution in [0.2, 0.25) is 0 Å². The van der Waals surface area contributed by atoms with Gasteiger partial charge in [-0.3, -0.25) is 4.79 Å². The van der Waals surface area contributed by atoms with Gasteiger partial charge in [0.05, 0.1) is 12.2 Å². The summed E-state index contributed by atoms with van der Waals surface area (Å²) in [6.07, 6.45) is 5.73. The molecule has 2 N–H and O–H groups in total. The lowest BCUT2D eigenvalue weighted by atomic mass is 9.95. The van der Waals surface area contributed by atoms with Crippen LogP contribution in [0.15, 0.2) is 22.7 Å². The average Bonchev–Trinajstić information content (AvgIpc) is 2.39. The standard InChI is InChI=1S/C14H18BrFN2O/c15-10-6-7-13(12(16)8-10)17-9-14(19)18-11-4-2-1-3-5-11/h6-8,11,17H,1-5,9H2,(H,18,19). The third-order valence-electron chi connectivity index (χ3n) is 3.34. The molecule has 2 rings (SSSR count). The maximum absolute atomic E-state index is 13.5. The van der Waals surface area contributed by atoms with E-state index >= 15 is 0 Å². The van der Waals surface area contributed by atoms with E-state index in [-0.39, 0.29) is 24.3 Å². The van der Waals surface area contributed by atoms with Crippen LogP contribution in [0.3, 0.4) is 0 Å². The Morgan fingerprint density at radius 1 is 1.32 bits per heavy atom. The van der Waals surface area contributed by atoms with Gasteiger partial charge in [0.25, 0.3) is 0 Å². The second kappa shape index (κ2) is 6.89. The predicted octanol–water partition coefficient (Wildman–Crippen LogP) is 3.45. The molecule has 0 radical (unpaired) electrons. The molecular weight excluding hydrogens is 311 g/mol. The molecule has 1 aliphatic carbocycles. The number of carbonyl (C=O) groups excluding carboxylic acids is 1. The largest absolute Gasteiger partial charge is 0.374 e. The van der Waals surface area contributed by atoms with Crippen molar-refractivity contribution in [2.24, 2.45) is 0 Å². The number of rotatable bonds is 4. The minimum Gasteiger partial charge on any atom is -0.374 e. The molecule has 104 valence electrons. The number of anilines is 1. The van der Waals surface area contributed by atoms with Gasteiger partial charge in [-0.05, 0) is 31.0 Å². The molecule has 1 saturated carbocycles. The molecule has 0 bridgehead atoms. The highest BCUT2D eigenvalue weighted by atomic mass is 79.9. The second-order valence-electron chi connectivity index (χ2n) is 4.88. The van der Waals surface area contributed by atoms with E-state index in [4.69, 9.17) is 0 Å². The molecule has 3 nitrogen and oxygen atoms in total. The molecule has 0 saturated heterocycles. The Morgan fingerprint density at radius 2 is 2.05 bits per heavy atom. The molecule has 1 fully saturated rings. The third-order valence-corrected chi connectivity index (χ3v) is 3.83. The molecule has 1 aromatic rings. The summed E-state index contributed by atoms with van der Waals surface area (Å²) in [5.74, 6) is -0.436. The van der Waals surface area contributed by atoms with Crippen molar-refractivity contribution in [3.63, 3.8) is 0 Å². The van der Waals surface area contributed by atoms with E-state index in [1.54, 1.807) is 12.1 Å². The number of carbonyl (C=O) groups is 1. The number of nitrogens with one attached hydrogen (secondary N) is 2. The highest BCUT2D eigenvalue weighted by Gasteiger charge is 2.15. The molecule has 0 spiro atoms.